The Morgan fingerprint density at radius 2 is 1.80 bits per heavy atom. The smallest absolute Gasteiger partial charge is 0.230 e. The van der Waals surface area contributed by atoms with Crippen molar-refractivity contribution in [3.63, 3.8) is 0 Å². The van der Waals surface area contributed by atoms with Crippen molar-refractivity contribution in [2.75, 3.05) is 13.1 Å². The molecule has 1 aliphatic rings. The highest BCUT2D eigenvalue weighted by molar-refractivity contribution is 5.83. The minimum atomic E-state index is -0.543. The van der Waals surface area contributed by atoms with E-state index >= 15 is 0 Å². The van der Waals surface area contributed by atoms with Crippen molar-refractivity contribution in [2.24, 2.45) is 11.1 Å². The first kappa shape index (κ1) is 15.0. The predicted molar refractivity (Wildman–Crippen MR) is 82.4 cm³/mol. The number of nitrogens with zero attached hydrogens (tertiary/aromatic N) is 1. The van der Waals surface area contributed by atoms with E-state index in [9.17, 15) is 4.79 Å². The molecule has 0 bridgehead atoms. The first-order chi connectivity index (χ1) is 9.23. The van der Waals surface area contributed by atoms with Gasteiger partial charge in [0, 0.05) is 24.5 Å². The van der Waals surface area contributed by atoms with E-state index in [1.165, 1.54) is 5.56 Å². The van der Waals surface area contributed by atoms with Gasteiger partial charge in [0.15, 0.2) is 0 Å². The molecule has 3 nitrogen and oxygen atoms in total. The third-order valence-electron chi connectivity index (χ3n) is 4.89. The number of hydrogen-bond donors (Lipinski definition) is 1. The summed E-state index contributed by atoms with van der Waals surface area (Å²) < 4.78 is 0. The zero-order valence-corrected chi connectivity index (χ0v) is 13.0. The van der Waals surface area contributed by atoms with Gasteiger partial charge in [0.05, 0.1) is 5.41 Å². The number of benzene rings is 1. The van der Waals surface area contributed by atoms with E-state index in [-0.39, 0.29) is 5.91 Å². The first-order valence-corrected chi connectivity index (χ1v) is 7.36. The summed E-state index contributed by atoms with van der Waals surface area (Å²) in [5.41, 5.74) is 6.44. The van der Waals surface area contributed by atoms with Gasteiger partial charge in [-0.25, -0.2) is 0 Å². The van der Waals surface area contributed by atoms with Gasteiger partial charge >= 0.3 is 0 Å². The Balaban J connectivity index is 2.09. The average Bonchev–Trinajstić information content (AvgIpc) is 2.87. The van der Waals surface area contributed by atoms with Gasteiger partial charge in [-0.15, -0.1) is 0 Å². The number of nitrogens with two attached hydrogens (primary N) is 1. The van der Waals surface area contributed by atoms with E-state index in [1.54, 1.807) is 0 Å². The quantitative estimate of drug-likeness (QED) is 0.921. The van der Waals surface area contributed by atoms with Crippen LogP contribution in [0.3, 0.4) is 0 Å². The van der Waals surface area contributed by atoms with Gasteiger partial charge in [0.1, 0.15) is 0 Å². The van der Waals surface area contributed by atoms with Crippen molar-refractivity contribution >= 4 is 5.91 Å². The molecule has 1 aliphatic heterocycles. The number of rotatable bonds is 3. The lowest BCUT2D eigenvalue weighted by atomic mass is 9.74. The van der Waals surface area contributed by atoms with Crippen molar-refractivity contribution < 1.29 is 4.79 Å². The van der Waals surface area contributed by atoms with E-state index in [0.717, 1.165) is 19.5 Å². The molecule has 1 aromatic carbocycles. The molecule has 1 heterocycles. The van der Waals surface area contributed by atoms with Gasteiger partial charge in [-0.1, -0.05) is 30.3 Å². The molecule has 1 aromatic rings. The van der Waals surface area contributed by atoms with Crippen molar-refractivity contribution in [2.45, 2.75) is 45.6 Å². The van der Waals surface area contributed by atoms with Gasteiger partial charge in [0.2, 0.25) is 5.91 Å². The molecule has 1 saturated heterocycles. The normalized spacial score (nSPS) is 20.2. The lowest BCUT2D eigenvalue weighted by Crippen LogP contribution is -2.56. The van der Waals surface area contributed by atoms with Gasteiger partial charge in [-0.2, -0.15) is 0 Å². The molecule has 0 aliphatic carbocycles. The van der Waals surface area contributed by atoms with E-state index in [4.69, 9.17) is 5.73 Å². The molecule has 1 amide bonds. The van der Waals surface area contributed by atoms with Crippen LogP contribution in [-0.2, 0) is 4.79 Å². The number of amides is 1. The molecule has 3 heteroatoms. The van der Waals surface area contributed by atoms with Crippen LogP contribution >= 0.6 is 0 Å². The minimum Gasteiger partial charge on any atom is -0.342 e. The maximum atomic E-state index is 12.7. The van der Waals surface area contributed by atoms with Crippen molar-refractivity contribution in [3.05, 3.63) is 35.9 Å². The summed E-state index contributed by atoms with van der Waals surface area (Å²) in [6, 6.07) is 10.5. The van der Waals surface area contributed by atoms with E-state index in [2.05, 4.69) is 24.3 Å². The predicted octanol–water partition coefficient (Wildman–Crippen LogP) is 2.77. The van der Waals surface area contributed by atoms with Crippen LogP contribution < -0.4 is 5.73 Å². The zero-order chi connectivity index (χ0) is 15.0. The molecule has 0 spiro atoms. The second-order valence-electron chi connectivity index (χ2n) is 6.99. The Morgan fingerprint density at radius 1 is 1.20 bits per heavy atom. The Kier molecular flexibility index (Phi) is 3.92. The number of carbonyl (C=O) groups is 1. The molecular formula is C17H26N2O. The van der Waals surface area contributed by atoms with Gasteiger partial charge in [-0.3, -0.25) is 4.79 Å². The molecule has 110 valence electrons. The molecule has 20 heavy (non-hydrogen) atoms. The second-order valence-corrected chi connectivity index (χ2v) is 6.99. The maximum absolute atomic E-state index is 12.7. The molecule has 1 atom stereocenters. The second kappa shape index (κ2) is 5.21. The van der Waals surface area contributed by atoms with E-state index < -0.39 is 11.0 Å². The lowest BCUT2D eigenvalue weighted by molar-refractivity contribution is -0.142. The Bertz CT molecular complexity index is 474. The third kappa shape index (κ3) is 2.73. The maximum Gasteiger partial charge on any atom is 0.230 e. The Hall–Kier alpha value is -1.35. The molecule has 2 N–H and O–H groups in total. The van der Waals surface area contributed by atoms with Crippen molar-refractivity contribution in [1.29, 1.82) is 0 Å². The molecular weight excluding hydrogens is 248 g/mol. The van der Waals surface area contributed by atoms with Gasteiger partial charge in [0.25, 0.3) is 0 Å². The molecule has 0 radical (unpaired) electrons. The van der Waals surface area contributed by atoms with Crippen LogP contribution in [0.25, 0.3) is 0 Å². The van der Waals surface area contributed by atoms with Crippen LogP contribution in [0.2, 0.25) is 0 Å². The molecule has 0 aromatic heterocycles. The number of likely N-dealkylation sites (tertiary alicyclic amines) is 1. The van der Waals surface area contributed by atoms with E-state index in [1.807, 2.05) is 38.7 Å². The van der Waals surface area contributed by atoms with Crippen LogP contribution in [0.4, 0.5) is 0 Å². The monoisotopic (exact) mass is 274 g/mol. The SMILES string of the molecule is CC(C)(N)C(C)(C)C(=O)N1CCC(c2ccccc2)C1. The largest absolute Gasteiger partial charge is 0.342 e. The van der Waals surface area contributed by atoms with E-state index in [0.29, 0.717) is 5.92 Å². The van der Waals surface area contributed by atoms with Gasteiger partial charge in [-0.05, 0) is 39.7 Å². The Labute approximate surface area is 122 Å². The average molecular weight is 274 g/mol. The summed E-state index contributed by atoms with van der Waals surface area (Å²) in [5, 5.41) is 0. The summed E-state index contributed by atoms with van der Waals surface area (Å²) >= 11 is 0. The summed E-state index contributed by atoms with van der Waals surface area (Å²) in [6.45, 7) is 9.39. The highest BCUT2D eigenvalue weighted by Gasteiger charge is 2.44. The minimum absolute atomic E-state index is 0.170. The Morgan fingerprint density at radius 3 is 2.35 bits per heavy atom. The number of hydrogen-bond acceptors (Lipinski definition) is 2. The van der Waals surface area contributed by atoms with Crippen LogP contribution in [0.15, 0.2) is 30.3 Å². The highest BCUT2D eigenvalue weighted by Crippen LogP contribution is 2.34. The fraction of sp³-hybridized carbons (Fsp3) is 0.588. The lowest BCUT2D eigenvalue weighted by Gasteiger charge is -2.39. The van der Waals surface area contributed by atoms with Crippen LogP contribution in [0.1, 0.15) is 45.6 Å². The van der Waals surface area contributed by atoms with Crippen molar-refractivity contribution in [3.8, 4) is 0 Å². The molecule has 1 fully saturated rings. The van der Waals surface area contributed by atoms with Crippen LogP contribution in [0, 0.1) is 5.41 Å². The standard InChI is InChI=1S/C17H26N2O/c1-16(2,17(3,4)18)15(20)19-11-10-14(12-19)13-8-6-5-7-9-13/h5-9,14H,10-12,18H2,1-4H3. The molecule has 1 unspecified atom stereocenters. The topological polar surface area (TPSA) is 46.3 Å². The summed E-state index contributed by atoms with van der Waals surface area (Å²) in [5.74, 6) is 0.625. The highest BCUT2D eigenvalue weighted by atomic mass is 16.2. The summed E-state index contributed by atoms with van der Waals surface area (Å²) in [6.07, 6.45) is 1.04. The zero-order valence-electron chi connectivity index (χ0n) is 13.0. The van der Waals surface area contributed by atoms with Crippen LogP contribution in [-0.4, -0.2) is 29.4 Å². The number of carbonyl (C=O) groups excluding carboxylic acids is 1. The van der Waals surface area contributed by atoms with Crippen LogP contribution in [0.5, 0.6) is 0 Å². The van der Waals surface area contributed by atoms with Crippen molar-refractivity contribution in [1.82, 2.24) is 4.90 Å². The molecule has 2 rings (SSSR count). The molecule has 0 saturated carbocycles. The fourth-order valence-corrected chi connectivity index (χ4v) is 2.61. The first-order valence-electron chi connectivity index (χ1n) is 7.36. The fourth-order valence-electron chi connectivity index (χ4n) is 2.61. The summed E-state index contributed by atoms with van der Waals surface area (Å²) in [7, 11) is 0. The van der Waals surface area contributed by atoms with Gasteiger partial charge < -0.3 is 10.6 Å². The summed E-state index contributed by atoms with van der Waals surface area (Å²) in [4.78, 5) is 14.7. The third-order valence-corrected chi connectivity index (χ3v) is 4.89.